The standard InChI is InChI=1S/C42H14B14N2/c43-27-25(28(44)32(48)34(50)31(27)47)26-29(45)33(49)38(54)41(30(26)46)57-22-8-4-2-6-18(22)20-13-15(10-12-23(20)57)16-9-11-19-17-5-1-3-7-21(17)58(24(19)14-16)42-39(55)36(52)35(51)37(53)40(42)56/h1-14H. The van der Waals surface area contributed by atoms with Crippen molar-refractivity contribution >= 4 is 230 Å². The molecule has 0 fully saturated rings. The maximum absolute atomic E-state index is 7.05. The van der Waals surface area contributed by atoms with Gasteiger partial charge < -0.3 is 9.13 Å². The van der Waals surface area contributed by atoms with Gasteiger partial charge in [0.05, 0.1) is 22.1 Å². The Morgan fingerprint density at radius 2 is 0.603 bits per heavy atom. The van der Waals surface area contributed by atoms with Crippen molar-refractivity contribution in [2.75, 3.05) is 0 Å². The van der Waals surface area contributed by atoms with Crippen molar-refractivity contribution in [2.45, 2.75) is 0 Å². The van der Waals surface area contributed by atoms with Crippen molar-refractivity contribution in [1.29, 1.82) is 0 Å². The van der Waals surface area contributed by atoms with E-state index in [2.05, 4.69) is 24.3 Å². The molecule has 9 rings (SSSR count). The number of aromatic nitrogens is 2. The van der Waals surface area contributed by atoms with Gasteiger partial charge in [0.15, 0.2) is 0 Å². The molecule has 0 saturated carbocycles. The number of hydrogen-bond donors (Lipinski definition) is 0. The van der Waals surface area contributed by atoms with Gasteiger partial charge in [0.1, 0.15) is 110 Å². The molecule has 0 amide bonds. The quantitative estimate of drug-likeness (QED) is 0.163. The summed E-state index contributed by atoms with van der Waals surface area (Å²) < 4.78 is 3.92. The van der Waals surface area contributed by atoms with Crippen molar-refractivity contribution in [3.63, 3.8) is 0 Å². The minimum Gasteiger partial charge on any atom is -0.310 e. The van der Waals surface area contributed by atoms with Crippen LogP contribution >= 0.6 is 0 Å². The van der Waals surface area contributed by atoms with Crippen molar-refractivity contribution in [2.24, 2.45) is 0 Å². The van der Waals surface area contributed by atoms with Gasteiger partial charge in [-0.2, -0.15) is 0 Å². The van der Waals surface area contributed by atoms with Crippen LogP contribution in [0, 0.1) is 0 Å². The lowest BCUT2D eigenvalue weighted by Crippen LogP contribution is -2.57. The maximum atomic E-state index is 7.05. The predicted octanol–water partition coefficient (Wildman–Crippen LogP) is -5.67. The third kappa shape index (κ3) is 5.32. The SMILES string of the molecule is [B]c1c([B])c([B])c(-c2c([B])c([B])c([B])c(-n3c4ccccc4c4cc(-c5ccc6c7ccccc7n(-c7c([B])c([B])c([B])c([B])c7[B])c6c5)ccc43)c2[B])c([B])c1[B]. The highest BCUT2D eigenvalue weighted by Crippen LogP contribution is 2.37. The zero-order valence-electron chi connectivity index (χ0n) is 31.1. The first kappa shape index (κ1) is 38.6. The van der Waals surface area contributed by atoms with Gasteiger partial charge in [-0.05, 0) is 52.6 Å². The Bertz CT molecular complexity index is 3230. The van der Waals surface area contributed by atoms with Gasteiger partial charge in [-0.15, -0.1) is 38.2 Å². The van der Waals surface area contributed by atoms with Gasteiger partial charge in [0, 0.05) is 32.9 Å². The fraction of sp³-hybridized carbons (Fsp3) is 0. The number of fused-ring (bicyclic) bond motifs is 6. The van der Waals surface area contributed by atoms with E-state index in [1.54, 1.807) is 0 Å². The molecule has 0 bridgehead atoms. The van der Waals surface area contributed by atoms with Crippen molar-refractivity contribution in [1.82, 2.24) is 9.13 Å². The van der Waals surface area contributed by atoms with Gasteiger partial charge in [-0.3, -0.25) is 0 Å². The minimum atomic E-state index is 0.0362. The summed E-state index contributed by atoms with van der Waals surface area (Å²) in [6.07, 6.45) is 0. The first-order valence-electron chi connectivity index (χ1n) is 18.0. The topological polar surface area (TPSA) is 9.86 Å². The van der Waals surface area contributed by atoms with Crippen LogP contribution in [0.1, 0.15) is 0 Å². The van der Waals surface area contributed by atoms with E-state index in [0.717, 1.165) is 54.7 Å². The number of nitrogens with zero attached hydrogens (tertiary/aromatic N) is 2. The second-order valence-corrected chi connectivity index (χ2v) is 14.4. The average molecular weight is 698 g/mol. The molecule has 0 spiro atoms. The van der Waals surface area contributed by atoms with Crippen LogP contribution in [0.2, 0.25) is 0 Å². The van der Waals surface area contributed by atoms with Crippen LogP contribution in [-0.4, -0.2) is 119 Å². The second kappa shape index (κ2) is 13.8. The fourth-order valence-electron chi connectivity index (χ4n) is 8.31. The largest absolute Gasteiger partial charge is 0.310 e. The van der Waals surface area contributed by atoms with Crippen molar-refractivity contribution < 1.29 is 0 Å². The van der Waals surface area contributed by atoms with Gasteiger partial charge in [0.25, 0.3) is 0 Å². The molecule has 0 aliphatic heterocycles. The zero-order valence-corrected chi connectivity index (χ0v) is 31.1. The summed E-state index contributed by atoms with van der Waals surface area (Å²) >= 11 is 0. The lowest BCUT2D eigenvalue weighted by molar-refractivity contribution is 1.21. The maximum Gasteiger partial charge on any atom is 0.117 e. The summed E-state index contributed by atoms with van der Waals surface area (Å²) in [6.45, 7) is 0. The first-order valence-corrected chi connectivity index (χ1v) is 18.0. The minimum absolute atomic E-state index is 0.0362. The Morgan fingerprint density at radius 3 is 1.16 bits per heavy atom. The van der Waals surface area contributed by atoms with Crippen LogP contribution < -0.4 is 76.5 Å². The highest BCUT2D eigenvalue weighted by molar-refractivity contribution is 6.71. The number of rotatable bonds is 4. The van der Waals surface area contributed by atoms with E-state index >= 15 is 0 Å². The highest BCUT2D eigenvalue weighted by atomic mass is 15.0. The Kier molecular flexibility index (Phi) is 9.19. The predicted molar refractivity (Wildman–Crippen MR) is 261 cm³/mol. The van der Waals surface area contributed by atoms with E-state index in [9.17, 15) is 0 Å². The monoisotopic (exact) mass is 700 g/mol. The van der Waals surface area contributed by atoms with Crippen LogP contribution in [0.25, 0.3) is 77.2 Å². The van der Waals surface area contributed by atoms with E-state index in [1.165, 1.54) is 0 Å². The van der Waals surface area contributed by atoms with Gasteiger partial charge >= 0.3 is 0 Å². The number of para-hydroxylation sites is 2. The Morgan fingerprint density at radius 1 is 0.259 bits per heavy atom. The van der Waals surface area contributed by atoms with Crippen LogP contribution in [0.15, 0.2) is 84.9 Å². The zero-order chi connectivity index (χ0) is 41.2. The molecular weight excluding hydrogens is 684 g/mol. The lowest BCUT2D eigenvalue weighted by Gasteiger charge is -2.29. The van der Waals surface area contributed by atoms with Crippen LogP contribution in [0.5, 0.6) is 0 Å². The molecule has 0 aliphatic rings. The summed E-state index contributed by atoms with van der Waals surface area (Å²) in [4.78, 5) is 0. The van der Waals surface area contributed by atoms with Crippen molar-refractivity contribution in [3.8, 4) is 33.6 Å². The molecule has 9 aromatic rings. The third-order valence-corrected chi connectivity index (χ3v) is 11.4. The van der Waals surface area contributed by atoms with Gasteiger partial charge in [-0.25, -0.2) is 0 Å². The molecule has 0 saturated heterocycles. The second-order valence-electron chi connectivity index (χ2n) is 14.4. The summed E-state index contributed by atoms with van der Waals surface area (Å²) in [5.74, 6) is 0. The molecule has 0 aliphatic carbocycles. The van der Waals surface area contributed by atoms with Crippen molar-refractivity contribution in [3.05, 3.63) is 84.9 Å². The summed E-state index contributed by atoms with van der Waals surface area (Å²) in [5, 5.41) is 3.77. The molecule has 2 aromatic heterocycles. The van der Waals surface area contributed by atoms with E-state index in [4.69, 9.17) is 110 Å². The number of benzene rings is 7. The molecule has 0 N–H and O–H groups in total. The van der Waals surface area contributed by atoms with E-state index < -0.39 is 0 Å². The molecule has 2 heterocycles. The normalized spacial score (nSPS) is 11.7. The molecule has 58 heavy (non-hydrogen) atoms. The smallest absolute Gasteiger partial charge is 0.117 e. The summed E-state index contributed by atoms with van der Waals surface area (Å²) in [7, 11) is 90.9. The van der Waals surface area contributed by atoms with Crippen LogP contribution in [-0.2, 0) is 0 Å². The molecule has 0 unspecified atom stereocenters. The van der Waals surface area contributed by atoms with E-state index in [0.29, 0.717) is 11.4 Å². The fourth-order valence-corrected chi connectivity index (χ4v) is 8.31. The van der Waals surface area contributed by atoms with Gasteiger partial charge in [0.2, 0.25) is 0 Å². The Labute approximate surface area is 355 Å². The molecule has 28 radical (unpaired) electrons. The summed E-state index contributed by atoms with van der Waals surface area (Å²) in [5.41, 5.74) is 7.92. The molecule has 2 nitrogen and oxygen atoms in total. The number of hydrogen-bond acceptors (Lipinski definition) is 0. The third-order valence-electron chi connectivity index (χ3n) is 11.4. The Hall–Kier alpha value is -4.95. The average Bonchev–Trinajstić information content (AvgIpc) is 3.73. The molecular formula is C42H14B14N2. The lowest BCUT2D eigenvalue weighted by atomic mass is 9.56. The van der Waals surface area contributed by atoms with Crippen LogP contribution in [0.4, 0.5) is 0 Å². The van der Waals surface area contributed by atoms with Gasteiger partial charge in [-0.1, -0.05) is 92.8 Å². The van der Waals surface area contributed by atoms with E-state index in [1.807, 2.05) is 69.8 Å². The van der Waals surface area contributed by atoms with Crippen LogP contribution in [0.3, 0.4) is 0 Å². The molecule has 234 valence electrons. The Balaban J connectivity index is 1.30. The molecule has 16 heteroatoms. The van der Waals surface area contributed by atoms with E-state index in [-0.39, 0.29) is 87.6 Å². The highest BCUT2D eigenvalue weighted by Gasteiger charge is 2.24. The summed E-state index contributed by atoms with van der Waals surface area (Å²) in [6, 6.07) is 28.1. The molecule has 7 aromatic carbocycles. The first-order chi connectivity index (χ1) is 27.6. The molecule has 0 atom stereocenters.